The van der Waals surface area contributed by atoms with E-state index in [2.05, 4.69) is 10.6 Å². The van der Waals surface area contributed by atoms with Crippen molar-refractivity contribution in [2.24, 2.45) is 0 Å². The second kappa shape index (κ2) is 6.16. The van der Waals surface area contributed by atoms with Crippen LogP contribution in [0, 0.1) is 6.92 Å². The van der Waals surface area contributed by atoms with Gasteiger partial charge in [-0.15, -0.1) is 0 Å². The van der Waals surface area contributed by atoms with Crippen molar-refractivity contribution in [3.8, 4) is 5.75 Å². The lowest BCUT2D eigenvalue weighted by Crippen LogP contribution is -2.05. The van der Waals surface area contributed by atoms with Crippen molar-refractivity contribution in [3.63, 3.8) is 0 Å². The topological polar surface area (TPSA) is 51.5 Å². The van der Waals surface area contributed by atoms with E-state index < -0.39 is 5.97 Å². The molecule has 0 aliphatic rings. The first kappa shape index (κ1) is 15.2. The minimum atomic E-state index is -0.909. The Morgan fingerprint density at radius 1 is 1.17 bits per heavy atom. The van der Waals surface area contributed by atoms with Crippen molar-refractivity contribution < 1.29 is 14.6 Å². The molecule has 0 aliphatic carbocycles. The highest BCUT2D eigenvalue weighted by Crippen LogP contribution is 2.23. The maximum absolute atomic E-state index is 11.2. The molecule has 1 aromatic heterocycles. The minimum absolute atomic E-state index is 0.302. The van der Waals surface area contributed by atoms with Gasteiger partial charge in [-0.1, -0.05) is 18.2 Å². The van der Waals surface area contributed by atoms with Crippen molar-refractivity contribution in [1.29, 1.82) is 0 Å². The monoisotopic (exact) mass is 309 g/mol. The van der Waals surface area contributed by atoms with Crippen molar-refractivity contribution in [2.75, 3.05) is 0 Å². The molecular weight excluding hydrogens is 290 g/mol. The molecule has 118 valence electrons. The van der Waals surface area contributed by atoms with Gasteiger partial charge in [-0.3, -0.25) is 0 Å². The summed E-state index contributed by atoms with van der Waals surface area (Å²) < 4.78 is 7.98. The standard InChI is InChI=1S/C19H19NO3/c1-3-20-16(12-23-17-6-4-5-13(2)9-17)10-14-7-8-15(19(21)22)11-18(14)20/h4-11H,3,12H2,1-2H3,(H,21,22). The van der Waals surface area contributed by atoms with E-state index in [4.69, 9.17) is 9.84 Å². The van der Waals surface area contributed by atoms with Crippen LogP contribution in [0.25, 0.3) is 10.9 Å². The Labute approximate surface area is 134 Å². The first-order valence-electron chi connectivity index (χ1n) is 7.63. The molecule has 3 rings (SSSR count). The third-order valence-electron chi connectivity index (χ3n) is 3.93. The fraction of sp³-hybridized carbons (Fsp3) is 0.211. The van der Waals surface area contributed by atoms with Crippen LogP contribution in [0.4, 0.5) is 0 Å². The largest absolute Gasteiger partial charge is 0.487 e. The van der Waals surface area contributed by atoms with E-state index in [1.165, 1.54) is 0 Å². The van der Waals surface area contributed by atoms with Crippen LogP contribution in [0.15, 0.2) is 48.5 Å². The van der Waals surface area contributed by atoms with Gasteiger partial charge in [0, 0.05) is 17.4 Å². The fourth-order valence-electron chi connectivity index (χ4n) is 2.80. The Morgan fingerprint density at radius 2 is 2.00 bits per heavy atom. The van der Waals surface area contributed by atoms with Gasteiger partial charge in [0.05, 0.1) is 11.3 Å². The summed E-state index contributed by atoms with van der Waals surface area (Å²) in [4.78, 5) is 11.2. The Morgan fingerprint density at radius 3 is 2.70 bits per heavy atom. The van der Waals surface area contributed by atoms with Gasteiger partial charge in [-0.25, -0.2) is 4.79 Å². The number of nitrogens with zero attached hydrogens (tertiary/aromatic N) is 1. The fourth-order valence-corrected chi connectivity index (χ4v) is 2.80. The van der Waals surface area contributed by atoms with E-state index in [0.717, 1.165) is 34.5 Å². The zero-order valence-corrected chi connectivity index (χ0v) is 13.2. The lowest BCUT2D eigenvalue weighted by molar-refractivity contribution is 0.0697. The van der Waals surface area contributed by atoms with Gasteiger partial charge in [-0.05, 0) is 49.7 Å². The average molecular weight is 309 g/mol. The second-order valence-corrected chi connectivity index (χ2v) is 5.56. The van der Waals surface area contributed by atoms with Gasteiger partial charge in [0.2, 0.25) is 0 Å². The maximum atomic E-state index is 11.2. The summed E-state index contributed by atoms with van der Waals surface area (Å²) in [5, 5.41) is 10.2. The van der Waals surface area contributed by atoms with Crippen LogP contribution in [0.5, 0.6) is 5.75 Å². The molecule has 4 heteroatoms. The Hall–Kier alpha value is -2.75. The zero-order chi connectivity index (χ0) is 16.4. The van der Waals surface area contributed by atoms with E-state index in [1.54, 1.807) is 12.1 Å². The van der Waals surface area contributed by atoms with Gasteiger partial charge in [0.25, 0.3) is 0 Å². The van der Waals surface area contributed by atoms with Crippen LogP contribution in [0.2, 0.25) is 0 Å². The molecule has 0 fully saturated rings. The van der Waals surface area contributed by atoms with E-state index in [-0.39, 0.29) is 0 Å². The van der Waals surface area contributed by atoms with Gasteiger partial charge < -0.3 is 14.4 Å². The van der Waals surface area contributed by atoms with Crippen LogP contribution in [0.1, 0.15) is 28.5 Å². The number of benzene rings is 2. The predicted octanol–water partition coefficient (Wildman–Crippen LogP) is 4.25. The van der Waals surface area contributed by atoms with Crippen LogP contribution < -0.4 is 4.74 Å². The van der Waals surface area contributed by atoms with Crippen molar-refractivity contribution in [1.82, 2.24) is 4.57 Å². The summed E-state index contributed by atoms with van der Waals surface area (Å²) in [5.74, 6) is -0.0718. The third-order valence-corrected chi connectivity index (χ3v) is 3.93. The SMILES string of the molecule is CCn1c(COc2cccc(C)c2)cc2ccc(C(=O)O)cc21. The molecule has 0 unspecified atom stereocenters. The smallest absolute Gasteiger partial charge is 0.335 e. The quantitative estimate of drug-likeness (QED) is 0.766. The summed E-state index contributed by atoms with van der Waals surface area (Å²) >= 11 is 0. The molecule has 0 amide bonds. The first-order chi connectivity index (χ1) is 11.1. The van der Waals surface area contributed by atoms with Gasteiger partial charge in [0.1, 0.15) is 12.4 Å². The van der Waals surface area contributed by atoms with Gasteiger partial charge >= 0.3 is 5.97 Å². The second-order valence-electron chi connectivity index (χ2n) is 5.56. The summed E-state index contributed by atoms with van der Waals surface area (Å²) in [5.41, 5.74) is 3.42. The lowest BCUT2D eigenvalue weighted by atomic mass is 10.1. The number of aromatic nitrogens is 1. The highest BCUT2D eigenvalue weighted by molar-refractivity contribution is 5.93. The molecule has 0 spiro atoms. The average Bonchev–Trinajstić information content (AvgIpc) is 2.89. The van der Waals surface area contributed by atoms with Crippen LogP contribution in [-0.2, 0) is 13.2 Å². The molecule has 1 heterocycles. The molecule has 0 saturated carbocycles. The molecule has 0 radical (unpaired) electrons. The van der Waals surface area contributed by atoms with Crippen LogP contribution in [0.3, 0.4) is 0 Å². The first-order valence-corrected chi connectivity index (χ1v) is 7.63. The molecule has 23 heavy (non-hydrogen) atoms. The number of fused-ring (bicyclic) bond motifs is 1. The molecule has 0 bridgehead atoms. The van der Waals surface area contributed by atoms with E-state index in [9.17, 15) is 4.79 Å². The number of carboxylic acid groups (broad SMARTS) is 1. The van der Waals surface area contributed by atoms with E-state index >= 15 is 0 Å². The minimum Gasteiger partial charge on any atom is -0.487 e. The molecule has 0 saturated heterocycles. The van der Waals surface area contributed by atoms with E-state index in [0.29, 0.717) is 12.2 Å². The van der Waals surface area contributed by atoms with Gasteiger partial charge in [-0.2, -0.15) is 0 Å². The number of carbonyl (C=O) groups is 1. The molecule has 1 N–H and O–H groups in total. The highest BCUT2D eigenvalue weighted by Gasteiger charge is 2.11. The summed E-state index contributed by atoms with van der Waals surface area (Å²) in [6.45, 7) is 5.29. The predicted molar refractivity (Wildman–Crippen MR) is 90.1 cm³/mol. The number of ether oxygens (including phenoxy) is 1. The zero-order valence-electron chi connectivity index (χ0n) is 13.2. The molecule has 0 aliphatic heterocycles. The number of aromatic carboxylic acids is 1. The molecule has 2 aromatic carbocycles. The maximum Gasteiger partial charge on any atom is 0.335 e. The number of aryl methyl sites for hydroxylation is 2. The number of hydrogen-bond acceptors (Lipinski definition) is 2. The third kappa shape index (κ3) is 3.06. The molecule has 0 atom stereocenters. The normalized spacial score (nSPS) is 10.9. The molecule has 3 aromatic rings. The van der Waals surface area contributed by atoms with Crippen LogP contribution in [-0.4, -0.2) is 15.6 Å². The highest BCUT2D eigenvalue weighted by atomic mass is 16.5. The number of rotatable bonds is 5. The van der Waals surface area contributed by atoms with Crippen molar-refractivity contribution in [2.45, 2.75) is 27.0 Å². The Balaban J connectivity index is 1.92. The van der Waals surface area contributed by atoms with Gasteiger partial charge in [0.15, 0.2) is 0 Å². The molecular formula is C19H19NO3. The van der Waals surface area contributed by atoms with Crippen LogP contribution >= 0.6 is 0 Å². The summed E-state index contributed by atoms with van der Waals surface area (Å²) in [6.07, 6.45) is 0. The van der Waals surface area contributed by atoms with Crippen molar-refractivity contribution in [3.05, 3.63) is 65.4 Å². The Kier molecular flexibility index (Phi) is 4.06. The summed E-state index contributed by atoms with van der Waals surface area (Å²) in [7, 11) is 0. The van der Waals surface area contributed by atoms with E-state index in [1.807, 2.05) is 44.2 Å². The number of carboxylic acids is 1. The lowest BCUT2D eigenvalue weighted by Gasteiger charge is -2.10. The van der Waals surface area contributed by atoms with Crippen molar-refractivity contribution >= 4 is 16.9 Å². The number of hydrogen-bond donors (Lipinski definition) is 1. The Bertz CT molecular complexity index is 864. The molecule has 4 nitrogen and oxygen atoms in total. The summed E-state index contributed by atoms with van der Waals surface area (Å²) in [6, 6.07) is 15.2.